The lowest BCUT2D eigenvalue weighted by Crippen LogP contribution is -2.58. The van der Waals surface area contributed by atoms with Crippen molar-refractivity contribution in [3.63, 3.8) is 0 Å². The first-order valence-electron chi connectivity index (χ1n) is 17.5. The predicted octanol–water partition coefficient (Wildman–Crippen LogP) is 6.08. The maximum Gasteiger partial charge on any atom is 0.435 e. The molecule has 6 aromatic rings. The monoisotopic (exact) mass is 824 g/mol. The van der Waals surface area contributed by atoms with Crippen LogP contribution in [0.2, 0.25) is 5.15 Å². The zero-order valence-electron chi connectivity index (χ0n) is 31.0. The summed E-state index contributed by atoms with van der Waals surface area (Å²) < 4.78 is 87.3. The van der Waals surface area contributed by atoms with Gasteiger partial charge in [-0.1, -0.05) is 11.6 Å². The second-order valence-corrected chi connectivity index (χ2v) is 14.6. The lowest BCUT2D eigenvalue weighted by Gasteiger charge is -2.37. The van der Waals surface area contributed by atoms with Gasteiger partial charge < -0.3 is 10.2 Å². The summed E-state index contributed by atoms with van der Waals surface area (Å²) in [6, 6.07) is 5.41. The molecule has 1 atom stereocenters. The van der Waals surface area contributed by atoms with E-state index in [1.54, 1.807) is 14.0 Å². The zero-order valence-corrected chi connectivity index (χ0v) is 31.7. The van der Waals surface area contributed by atoms with Crippen molar-refractivity contribution in [3.8, 4) is 28.6 Å². The maximum absolute atomic E-state index is 15.8. The number of amides is 2. The van der Waals surface area contributed by atoms with Crippen molar-refractivity contribution in [1.29, 1.82) is 5.26 Å². The van der Waals surface area contributed by atoms with Gasteiger partial charge in [0.15, 0.2) is 10.8 Å². The molecule has 7 rings (SSSR count). The third-order valence-electron chi connectivity index (χ3n) is 9.62. The summed E-state index contributed by atoms with van der Waals surface area (Å²) in [5.74, 6) is -2.28. The van der Waals surface area contributed by atoms with E-state index in [4.69, 9.17) is 11.6 Å². The predicted molar refractivity (Wildman–Crippen MR) is 195 cm³/mol. The summed E-state index contributed by atoms with van der Waals surface area (Å²) in [4.78, 5) is 42.6. The number of aromatic nitrogens is 9. The Morgan fingerprint density at radius 2 is 1.83 bits per heavy atom. The molecule has 58 heavy (non-hydrogen) atoms. The van der Waals surface area contributed by atoms with E-state index in [0.717, 1.165) is 34.1 Å². The van der Waals surface area contributed by atoms with Crippen molar-refractivity contribution >= 4 is 34.4 Å². The number of aryl methyl sites for hydroxylation is 2. The quantitative estimate of drug-likeness (QED) is 0.161. The fraction of sp³-hybridized carbons (Fsp3) is 0.324. The van der Waals surface area contributed by atoms with Gasteiger partial charge in [0.1, 0.15) is 29.3 Å². The molecule has 0 radical (unpaired) electrons. The number of fused-ring (bicyclic) bond motifs is 2. The number of hydrogen-bond donors (Lipinski definition) is 1. The van der Waals surface area contributed by atoms with E-state index in [1.807, 2.05) is 0 Å². The Bertz CT molecular complexity index is 2630. The molecule has 0 aliphatic carbocycles. The Kier molecular flexibility index (Phi) is 10.2. The van der Waals surface area contributed by atoms with Gasteiger partial charge in [0.25, 0.3) is 5.91 Å². The largest absolute Gasteiger partial charge is 0.435 e. The second kappa shape index (κ2) is 14.9. The molecule has 1 aliphatic rings. The highest BCUT2D eigenvalue weighted by molar-refractivity contribution is 6.33. The molecular weight excluding hydrogens is 794 g/mol. The summed E-state index contributed by atoms with van der Waals surface area (Å²) >= 11 is 6.31. The van der Waals surface area contributed by atoms with Crippen LogP contribution in [0.5, 0.6) is 0 Å². The Balaban J connectivity index is 1.24. The Morgan fingerprint density at radius 1 is 1.10 bits per heavy atom. The standard InChI is InChI=1S/C37H31ClF6N12O2/c1-18-46-14-21(15-47-18)25-11-28(37(42,43)44)51-56(25)17-36(2,3)50-33(57)27(9-19-13-48-55(16-19)35(40)41)54-8-7-22-23(5-6-24(39)29(22)34(54)58)30-20(12-45)10-26-31(49-30)32(38)52-53(26)4/h5-6,10-11,13-16,27,35H,7-9,17H2,1-4H3,(H,50,57)/t27-/m1/s1. The summed E-state index contributed by atoms with van der Waals surface area (Å²) in [7, 11) is 1.62. The number of nitrogens with zero attached hydrogens (tertiary/aromatic N) is 11. The van der Waals surface area contributed by atoms with E-state index in [-0.39, 0.29) is 75.8 Å². The third-order valence-corrected chi connectivity index (χ3v) is 9.87. The van der Waals surface area contributed by atoms with Gasteiger partial charge in [-0.2, -0.15) is 42.5 Å². The first kappa shape index (κ1) is 39.9. The fourth-order valence-corrected chi connectivity index (χ4v) is 7.20. The number of nitrogens with one attached hydrogen (secondary N) is 1. The molecule has 5 aromatic heterocycles. The van der Waals surface area contributed by atoms with Crippen molar-refractivity contribution in [3.05, 3.63) is 93.8 Å². The smallest absolute Gasteiger partial charge is 0.348 e. The van der Waals surface area contributed by atoms with Crippen molar-refractivity contribution < 1.29 is 35.9 Å². The topological polar surface area (TPSA) is 165 Å². The van der Waals surface area contributed by atoms with Gasteiger partial charge in [0.05, 0.1) is 46.3 Å². The average molecular weight is 825 g/mol. The lowest BCUT2D eigenvalue weighted by molar-refractivity contribution is -0.141. The maximum atomic E-state index is 15.8. The van der Waals surface area contributed by atoms with Crippen LogP contribution in [0.1, 0.15) is 59.0 Å². The van der Waals surface area contributed by atoms with Gasteiger partial charge >= 0.3 is 12.7 Å². The van der Waals surface area contributed by atoms with Crippen LogP contribution in [0.25, 0.3) is 33.5 Å². The Hall–Kier alpha value is -6.36. The van der Waals surface area contributed by atoms with E-state index < -0.39 is 53.2 Å². The molecule has 6 heterocycles. The molecule has 1 N–H and O–H groups in total. The number of benzene rings is 1. The minimum Gasteiger partial charge on any atom is -0.348 e. The van der Waals surface area contributed by atoms with Crippen molar-refractivity contribution in [2.45, 2.75) is 64.5 Å². The van der Waals surface area contributed by atoms with Gasteiger partial charge in [0.2, 0.25) is 5.91 Å². The highest BCUT2D eigenvalue weighted by Gasteiger charge is 2.40. The SMILES string of the molecule is Cc1ncc(-c2cc(C(F)(F)F)nn2CC(C)(C)NC(=O)[C@@H](Cc2cnn(C(F)F)c2)N2CCc3c(-c4nc5c(Cl)nn(C)c5cc4C#N)ccc(F)c3C2=O)cn1. The fourth-order valence-electron chi connectivity index (χ4n) is 6.95. The molecule has 0 bridgehead atoms. The Labute approximate surface area is 330 Å². The van der Waals surface area contributed by atoms with Gasteiger partial charge in [-0.3, -0.25) is 19.0 Å². The molecule has 2 amide bonds. The Morgan fingerprint density at radius 3 is 2.48 bits per heavy atom. The zero-order chi connectivity index (χ0) is 41.8. The number of rotatable bonds is 10. The van der Waals surface area contributed by atoms with E-state index in [1.165, 1.54) is 43.1 Å². The second-order valence-electron chi connectivity index (χ2n) is 14.3. The highest BCUT2D eigenvalue weighted by atomic mass is 35.5. The van der Waals surface area contributed by atoms with Crippen LogP contribution < -0.4 is 5.32 Å². The number of carbonyl (C=O) groups excluding carboxylic acids is 2. The summed E-state index contributed by atoms with van der Waals surface area (Å²) in [6.07, 6.45) is -0.401. The van der Waals surface area contributed by atoms with E-state index in [9.17, 15) is 36.8 Å². The molecule has 0 spiro atoms. The third kappa shape index (κ3) is 7.56. The normalized spacial score (nSPS) is 13.9. The molecular formula is C37H31ClF6N12O2. The number of hydrogen-bond acceptors (Lipinski definition) is 9. The van der Waals surface area contributed by atoms with Gasteiger partial charge in [-0.25, -0.2) is 24.0 Å². The van der Waals surface area contributed by atoms with Crippen LogP contribution in [0, 0.1) is 24.1 Å². The molecule has 1 aromatic carbocycles. The molecule has 0 fully saturated rings. The molecule has 14 nitrogen and oxygen atoms in total. The van der Waals surface area contributed by atoms with Crippen LogP contribution in [0.3, 0.4) is 0 Å². The number of halogens is 7. The van der Waals surface area contributed by atoms with Gasteiger partial charge in [-0.15, -0.1) is 0 Å². The van der Waals surface area contributed by atoms with Crippen LogP contribution in [0.4, 0.5) is 26.3 Å². The van der Waals surface area contributed by atoms with Crippen LogP contribution >= 0.6 is 11.6 Å². The number of pyridine rings is 1. The molecule has 1 aliphatic heterocycles. The average Bonchev–Trinajstić information content (AvgIpc) is 3.88. The molecule has 0 unspecified atom stereocenters. The van der Waals surface area contributed by atoms with Crippen LogP contribution in [-0.4, -0.2) is 79.1 Å². The first-order valence-corrected chi connectivity index (χ1v) is 17.9. The van der Waals surface area contributed by atoms with E-state index in [0.29, 0.717) is 16.0 Å². The van der Waals surface area contributed by atoms with Crippen LogP contribution in [-0.2, 0) is 37.4 Å². The minimum absolute atomic E-state index is 0.0127. The van der Waals surface area contributed by atoms with Crippen LogP contribution in [0.15, 0.2) is 49.1 Å². The number of alkyl halides is 5. The van der Waals surface area contributed by atoms with E-state index >= 15 is 4.39 Å². The van der Waals surface area contributed by atoms with Crippen molar-refractivity contribution in [1.82, 2.24) is 54.5 Å². The molecule has 300 valence electrons. The lowest BCUT2D eigenvalue weighted by atomic mass is 9.89. The minimum atomic E-state index is -4.81. The van der Waals surface area contributed by atoms with Crippen molar-refractivity contribution in [2.24, 2.45) is 7.05 Å². The van der Waals surface area contributed by atoms with Gasteiger partial charge in [-0.05, 0) is 62.6 Å². The summed E-state index contributed by atoms with van der Waals surface area (Å²) in [5.41, 5.74) is -1.13. The first-order chi connectivity index (χ1) is 27.3. The summed E-state index contributed by atoms with van der Waals surface area (Å²) in [6.45, 7) is 1.15. The highest BCUT2D eigenvalue weighted by Crippen LogP contribution is 2.37. The molecule has 0 saturated heterocycles. The van der Waals surface area contributed by atoms with Crippen molar-refractivity contribution in [2.75, 3.05) is 6.54 Å². The van der Waals surface area contributed by atoms with Gasteiger partial charge in [0, 0.05) is 49.7 Å². The number of nitriles is 1. The molecule has 21 heteroatoms. The number of carbonyl (C=O) groups is 2. The summed E-state index contributed by atoms with van der Waals surface area (Å²) in [5, 5.41) is 24.4. The van der Waals surface area contributed by atoms with E-state index in [2.05, 4.69) is 41.6 Å². The molecule has 0 saturated carbocycles.